The molecule has 0 bridgehead atoms. The van der Waals surface area contributed by atoms with Crippen LogP contribution in [0.4, 0.5) is 0 Å². The maximum absolute atomic E-state index is 13.2. The third kappa shape index (κ3) is 7.04. The lowest BCUT2D eigenvalue weighted by Crippen LogP contribution is -2.32. The smallest absolute Gasteiger partial charge is 0.338 e. The van der Waals surface area contributed by atoms with Crippen LogP contribution in [0.15, 0.2) is 34.7 Å². The van der Waals surface area contributed by atoms with Crippen LogP contribution in [0.5, 0.6) is 5.75 Å². The second kappa shape index (κ2) is 12.2. The molecule has 0 saturated carbocycles. The average molecular weight is 479 g/mol. The summed E-state index contributed by atoms with van der Waals surface area (Å²) in [4.78, 5) is 24.5. The predicted octanol–water partition coefficient (Wildman–Crippen LogP) is 3.42. The minimum atomic E-state index is -3.82. The van der Waals surface area contributed by atoms with E-state index in [-0.39, 0.29) is 22.1 Å². The van der Waals surface area contributed by atoms with E-state index in [0.717, 1.165) is 44.9 Å². The Labute approximate surface area is 196 Å². The van der Waals surface area contributed by atoms with E-state index in [1.54, 1.807) is 0 Å². The number of methoxy groups -OCH3 is 1. The number of allylic oxidation sites excluding steroid dienone is 1. The molecule has 2 aliphatic rings. The minimum Gasteiger partial charge on any atom is -0.495 e. The largest absolute Gasteiger partial charge is 0.495 e. The Morgan fingerprint density at radius 3 is 2.48 bits per heavy atom. The van der Waals surface area contributed by atoms with Gasteiger partial charge in [0, 0.05) is 19.6 Å². The maximum Gasteiger partial charge on any atom is 0.338 e. The first-order valence-electron chi connectivity index (χ1n) is 11.7. The number of carbonyl (C=O) groups excluding carboxylic acids is 2. The van der Waals surface area contributed by atoms with Crippen molar-refractivity contribution in [1.29, 1.82) is 0 Å². The van der Waals surface area contributed by atoms with Crippen LogP contribution in [0.1, 0.15) is 68.1 Å². The number of ether oxygens (including phenoxy) is 2. The van der Waals surface area contributed by atoms with Gasteiger partial charge in [0.05, 0.1) is 12.7 Å². The highest BCUT2D eigenvalue weighted by molar-refractivity contribution is 7.89. The second-order valence-electron chi connectivity index (χ2n) is 8.47. The number of nitrogens with zero attached hydrogens (tertiary/aromatic N) is 1. The van der Waals surface area contributed by atoms with Gasteiger partial charge in [0.25, 0.3) is 5.91 Å². The van der Waals surface area contributed by atoms with Crippen LogP contribution >= 0.6 is 0 Å². The molecule has 1 heterocycles. The van der Waals surface area contributed by atoms with Gasteiger partial charge in [-0.15, -0.1) is 0 Å². The van der Waals surface area contributed by atoms with Crippen molar-refractivity contribution >= 4 is 21.9 Å². The first-order valence-corrected chi connectivity index (χ1v) is 13.2. The summed E-state index contributed by atoms with van der Waals surface area (Å²) < 4.78 is 38.3. The molecule has 1 aliphatic heterocycles. The zero-order valence-electron chi connectivity index (χ0n) is 19.3. The van der Waals surface area contributed by atoms with Crippen molar-refractivity contribution in [3.05, 3.63) is 35.4 Å². The van der Waals surface area contributed by atoms with E-state index in [2.05, 4.69) is 11.4 Å². The van der Waals surface area contributed by atoms with Crippen LogP contribution in [-0.2, 0) is 19.6 Å². The van der Waals surface area contributed by atoms with E-state index in [9.17, 15) is 18.0 Å². The number of benzene rings is 1. The highest BCUT2D eigenvalue weighted by atomic mass is 32.2. The van der Waals surface area contributed by atoms with Crippen molar-refractivity contribution in [1.82, 2.24) is 9.62 Å². The van der Waals surface area contributed by atoms with Crippen LogP contribution < -0.4 is 10.1 Å². The molecule has 1 N–H and O–H groups in total. The number of hydrogen-bond donors (Lipinski definition) is 1. The van der Waals surface area contributed by atoms with Gasteiger partial charge in [-0.05, 0) is 63.1 Å². The molecule has 1 aromatic rings. The summed E-state index contributed by atoms with van der Waals surface area (Å²) in [6.07, 6.45) is 11.2. The van der Waals surface area contributed by atoms with Gasteiger partial charge in [-0.2, -0.15) is 4.31 Å². The first kappa shape index (κ1) is 25.2. The van der Waals surface area contributed by atoms with E-state index in [0.29, 0.717) is 19.6 Å². The lowest BCUT2D eigenvalue weighted by Gasteiger charge is -2.21. The molecule has 3 rings (SSSR count). The molecule has 1 aromatic carbocycles. The van der Waals surface area contributed by atoms with Crippen molar-refractivity contribution in [2.75, 3.05) is 33.4 Å². The van der Waals surface area contributed by atoms with Gasteiger partial charge in [0.1, 0.15) is 10.6 Å². The summed E-state index contributed by atoms with van der Waals surface area (Å²) in [5.74, 6) is -0.966. The molecule has 33 heavy (non-hydrogen) atoms. The van der Waals surface area contributed by atoms with Gasteiger partial charge in [-0.25, -0.2) is 13.2 Å². The molecule has 1 saturated heterocycles. The molecule has 182 valence electrons. The molecule has 0 spiro atoms. The topological polar surface area (TPSA) is 102 Å². The van der Waals surface area contributed by atoms with E-state index in [4.69, 9.17) is 9.47 Å². The maximum atomic E-state index is 13.2. The molecule has 1 fully saturated rings. The molecular weight excluding hydrogens is 444 g/mol. The fraction of sp³-hybridized carbons (Fsp3) is 0.583. The lowest BCUT2D eigenvalue weighted by atomic mass is 9.97. The summed E-state index contributed by atoms with van der Waals surface area (Å²) in [6.45, 7) is 0.968. The van der Waals surface area contributed by atoms with Crippen LogP contribution in [-0.4, -0.2) is 58.0 Å². The fourth-order valence-electron chi connectivity index (χ4n) is 4.19. The lowest BCUT2D eigenvalue weighted by molar-refractivity contribution is -0.124. The number of sulfonamides is 1. The van der Waals surface area contributed by atoms with Crippen LogP contribution in [0.25, 0.3) is 0 Å². The quantitative estimate of drug-likeness (QED) is 0.431. The van der Waals surface area contributed by atoms with E-state index < -0.39 is 22.6 Å². The fourth-order valence-corrected chi connectivity index (χ4v) is 5.88. The zero-order valence-corrected chi connectivity index (χ0v) is 20.1. The van der Waals surface area contributed by atoms with Crippen LogP contribution in [0.3, 0.4) is 0 Å². The van der Waals surface area contributed by atoms with Gasteiger partial charge in [-0.3, -0.25) is 4.79 Å². The first-order chi connectivity index (χ1) is 15.9. The van der Waals surface area contributed by atoms with Gasteiger partial charge in [0.15, 0.2) is 6.61 Å². The third-order valence-corrected chi connectivity index (χ3v) is 7.99. The number of hydrogen-bond acceptors (Lipinski definition) is 6. The monoisotopic (exact) mass is 478 g/mol. The van der Waals surface area contributed by atoms with Gasteiger partial charge < -0.3 is 14.8 Å². The van der Waals surface area contributed by atoms with Crippen LogP contribution in [0, 0.1) is 0 Å². The molecular formula is C24H34N2O6S. The van der Waals surface area contributed by atoms with Crippen molar-refractivity contribution in [3.63, 3.8) is 0 Å². The summed E-state index contributed by atoms with van der Waals surface area (Å²) >= 11 is 0. The highest BCUT2D eigenvalue weighted by Crippen LogP contribution is 2.29. The van der Waals surface area contributed by atoms with Crippen molar-refractivity contribution in [3.8, 4) is 5.75 Å². The van der Waals surface area contributed by atoms with Crippen molar-refractivity contribution < 1.29 is 27.5 Å². The molecule has 8 nitrogen and oxygen atoms in total. The zero-order chi connectivity index (χ0) is 23.7. The second-order valence-corrected chi connectivity index (χ2v) is 10.4. The Kier molecular flexibility index (Phi) is 9.31. The minimum absolute atomic E-state index is 0.0596. The molecule has 1 amide bonds. The summed E-state index contributed by atoms with van der Waals surface area (Å²) in [6, 6.07) is 4.16. The summed E-state index contributed by atoms with van der Waals surface area (Å²) in [7, 11) is -2.43. The SMILES string of the molecule is COc1ccc(C(=O)OCC(=O)NCCC2=CCCCC2)cc1S(=O)(=O)N1CCCCCC1. The third-order valence-electron chi connectivity index (χ3n) is 6.07. The summed E-state index contributed by atoms with van der Waals surface area (Å²) in [5, 5.41) is 2.76. The number of carbonyl (C=O) groups is 2. The normalized spacial score (nSPS) is 17.5. The molecule has 1 aliphatic carbocycles. The average Bonchev–Trinajstić information content (AvgIpc) is 3.13. The Morgan fingerprint density at radius 1 is 1.06 bits per heavy atom. The van der Waals surface area contributed by atoms with E-state index in [1.165, 1.54) is 48.0 Å². The number of amides is 1. The van der Waals surface area contributed by atoms with E-state index in [1.807, 2.05) is 0 Å². The standard InChI is InChI=1S/C24H34N2O6S/c1-31-21-12-11-20(17-22(21)33(29,30)26-15-7-2-3-8-16-26)24(28)32-18-23(27)25-14-13-19-9-5-4-6-10-19/h9,11-12,17H,2-8,10,13-16,18H2,1H3,(H,25,27). The van der Waals surface area contributed by atoms with Gasteiger partial charge in [0.2, 0.25) is 10.0 Å². The van der Waals surface area contributed by atoms with E-state index >= 15 is 0 Å². The Balaban J connectivity index is 1.60. The molecule has 0 unspecified atom stereocenters. The Morgan fingerprint density at radius 2 is 1.82 bits per heavy atom. The van der Waals surface area contributed by atoms with Gasteiger partial charge in [-0.1, -0.05) is 24.5 Å². The van der Waals surface area contributed by atoms with Gasteiger partial charge >= 0.3 is 5.97 Å². The number of esters is 1. The Hall–Kier alpha value is -2.39. The highest BCUT2D eigenvalue weighted by Gasteiger charge is 2.29. The molecule has 0 atom stereocenters. The predicted molar refractivity (Wildman–Crippen MR) is 125 cm³/mol. The number of nitrogens with one attached hydrogen (secondary N) is 1. The molecule has 0 radical (unpaired) electrons. The number of rotatable bonds is 9. The molecule has 0 aromatic heterocycles. The van der Waals surface area contributed by atoms with Crippen molar-refractivity contribution in [2.45, 2.75) is 62.7 Å². The molecule has 9 heteroatoms. The summed E-state index contributed by atoms with van der Waals surface area (Å²) in [5.41, 5.74) is 1.42. The van der Waals surface area contributed by atoms with Crippen LogP contribution in [0.2, 0.25) is 0 Å². The Bertz CT molecular complexity index is 965. The van der Waals surface area contributed by atoms with Crippen molar-refractivity contribution in [2.24, 2.45) is 0 Å².